The van der Waals surface area contributed by atoms with E-state index in [1.54, 1.807) is 6.07 Å². The number of aliphatic hydroxyl groups excluding tert-OH is 1. The summed E-state index contributed by atoms with van der Waals surface area (Å²) in [5.74, 6) is -0.471. The number of hydrogen-bond acceptors (Lipinski definition) is 5. The van der Waals surface area contributed by atoms with E-state index in [9.17, 15) is 20.1 Å². The maximum Gasteiger partial charge on any atom is 0.208 e. The normalized spacial score (nSPS) is 15.5. The zero-order valence-electron chi connectivity index (χ0n) is 17.0. The summed E-state index contributed by atoms with van der Waals surface area (Å²) in [7, 11) is 0. The first-order valence-corrected chi connectivity index (χ1v) is 10.8. The summed E-state index contributed by atoms with van der Waals surface area (Å²) in [6.07, 6.45) is 4.76. The second-order valence-corrected chi connectivity index (χ2v) is 8.17. The quantitative estimate of drug-likeness (QED) is 0.320. The maximum absolute atomic E-state index is 12.8. The summed E-state index contributed by atoms with van der Waals surface area (Å²) >= 11 is 12.5. The monoisotopic (exact) mass is 459 g/mol. The number of halogens is 2. The summed E-state index contributed by atoms with van der Waals surface area (Å²) in [4.78, 5) is 17.3. The van der Waals surface area contributed by atoms with Gasteiger partial charge in [0.15, 0.2) is 0 Å². The Kier molecular flexibility index (Phi) is 7.42. The van der Waals surface area contributed by atoms with Crippen LogP contribution in [-0.4, -0.2) is 26.8 Å². The van der Waals surface area contributed by atoms with Crippen LogP contribution < -0.4 is 0 Å². The summed E-state index contributed by atoms with van der Waals surface area (Å²) in [5, 5.41) is 30.4. The summed E-state index contributed by atoms with van der Waals surface area (Å²) in [6.45, 7) is 2.08. The van der Waals surface area contributed by atoms with Crippen molar-refractivity contribution in [3.63, 3.8) is 0 Å². The summed E-state index contributed by atoms with van der Waals surface area (Å²) in [5.41, 5.74) is 2.49. The molecule has 1 aliphatic carbocycles. The van der Waals surface area contributed by atoms with E-state index in [-0.39, 0.29) is 34.4 Å². The molecule has 3 N–H and O–H groups in total. The lowest BCUT2D eigenvalue weighted by molar-refractivity contribution is -0.109. The number of allylic oxidation sites excluding steroid dienone is 3. The molecule has 0 heterocycles. The van der Waals surface area contributed by atoms with Crippen molar-refractivity contribution in [2.45, 2.75) is 39.0 Å². The van der Waals surface area contributed by atoms with Crippen LogP contribution in [0.5, 0.6) is 11.5 Å². The predicted octanol–water partition coefficient (Wildman–Crippen LogP) is 6.62. The van der Waals surface area contributed by atoms with E-state index in [0.29, 0.717) is 33.8 Å². The van der Waals surface area contributed by atoms with Gasteiger partial charge in [-0.15, -0.1) is 0 Å². The minimum absolute atomic E-state index is 0.00262. The highest BCUT2D eigenvalue weighted by molar-refractivity contribution is 6.51. The van der Waals surface area contributed by atoms with Crippen molar-refractivity contribution in [3.8, 4) is 11.5 Å². The minimum Gasteiger partial charge on any atom is -0.508 e. The lowest BCUT2D eigenvalue weighted by Crippen LogP contribution is -2.23. The molecule has 1 aliphatic rings. The van der Waals surface area contributed by atoms with Crippen molar-refractivity contribution in [1.29, 1.82) is 0 Å². The second-order valence-electron chi connectivity index (χ2n) is 7.36. The van der Waals surface area contributed by atoms with Crippen LogP contribution in [0, 0.1) is 0 Å². The number of hydrogen-bond donors (Lipinski definition) is 3. The molecule has 2 aromatic rings. The van der Waals surface area contributed by atoms with E-state index in [2.05, 4.69) is 11.9 Å². The third-order valence-electron chi connectivity index (χ3n) is 5.06. The van der Waals surface area contributed by atoms with Crippen LogP contribution in [0.2, 0.25) is 10.0 Å². The van der Waals surface area contributed by atoms with Gasteiger partial charge in [-0.3, -0.25) is 4.79 Å². The average molecular weight is 460 g/mol. The Morgan fingerprint density at radius 1 is 0.903 bits per heavy atom. The van der Waals surface area contributed by atoms with Crippen LogP contribution in [-0.2, 0) is 11.2 Å². The molecule has 7 heteroatoms. The molecular weight excluding hydrogens is 437 g/mol. The zero-order valence-corrected chi connectivity index (χ0v) is 18.5. The van der Waals surface area contributed by atoms with Gasteiger partial charge in [-0.1, -0.05) is 49.0 Å². The number of phenols is 2. The molecule has 2 aromatic carbocycles. The number of rotatable bonds is 7. The third kappa shape index (κ3) is 5.49. The maximum atomic E-state index is 12.8. The van der Waals surface area contributed by atoms with E-state index in [1.807, 2.05) is 0 Å². The molecule has 31 heavy (non-hydrogen) atoms. The van der Waals surface area contributed by atoms with Gasteiger partial charge in [-0.25, -0.2) is 4.99 Å². The van der Waals surface area contributed by atoms with Gasteiger partial charge in [0.05, 0.1) is 10.7 Å². The van der Waals surface area contributed by atoms with Gasteiger partial charge in [0, 0.05) is 29.2 Å². The largest absolute Gasteiger partial charge is 0.508 e. The first-order valence-electron chi connectivity index (χ1n) is 10.0. The molecule has 0 bridgehead atoms. The Labute approximate surface area is 191 Å². The zero-order chi connectivity index (χ0) is 22.5. The molecule has 0 saturated carbocycles. The molecule has 162 valence electrons. The van der Waals surface area contributed by atoms with Crippen LogP contribution >= 0.6 is 23.2 Å². The van der Waals surface area contributed by atoms with Crippen molar-refractivity contribution in [1.82, 2.24) is 0 Å². The van der Waals surface area contributed by atoms with Crippen molar-refractivity contribution in [3.05, 3.63) is 75.0 Å². The third-order valence-corrected chi connectivity index (χ3v) is 5.71. The number of aromatic hydroxyl groups is 2. The number of aliphatic imine (C=N–C) groups is 1. The van der Waals surface area contributed by atoms with Gasteiger partial charge in [-0.2, -0.15) is 0 Å². The first-order chi connectivity index (χ1) is 14.8. The first kappa shape index (κ1) is 22.9. The Morgan fingerprint density at radius 3 is 2.23 bits per heavy atom. The number of unbranched alkanes of at least 4 members (excludes halogenated alkanes) is 2. The Hall–Kier alpha value is -2.76. The topological polar surface area (TPSA) is 90.1 Å². The van der Waals surface area contributed by atoms with Crippen LogP contribution in [0.1, 0.15) is 38.2 Å². The minimum atomic E-state index is -0.409. The van der Waals surface area contributed by atoms with Gasteiger partial charge in [0.1, 0.15) is 23.0 Å². The molecule has 0 aromatic heterocycles. The molecule has 0 saturated heterocycles. The molecule has 0 aliphatic heterocycles. The van der Waals surface area contributed by atoms with E-state index in [0.717, 1.165) is 25.3 Å². The Morgan fingerprint density at radius 2 is 1.58 bits per heavy atom. The Balaban J connectivity index is 2.11. The highest BCUT2D eigenvalue weighted by Crippen LogP contribution is 2.34. The predicted molar refractivity (Wildman–Crippen MR) is 124 cm³/mol. The molecular formula is C24H23Cl2NO4. The molecule has 5 nitrogen and oxygen atoms in total. The highest BCUT2D eigenvalue weighted by Gasteiger charge is 2.27. The molecule has 0 atom stereocenters. The van der Waals surface area contributed by atoms with Gasteiger partial charge in [0.25, 0.3) is 0 Å². The number of aliphatic hydroxyl groups is 1. The second kappa shape index (κ2) is 10.0. The van der Waals surface area contributed by atoms with Crippen molar-refractivity contribution >= 4 is 40.4 Å². The van der Waals surface area contributed by atoms with Gasteiger partial charge in [-0.05, 0) is 48.2 Å². The van der Waals surface area contributed by atoms with Gasteiger partial charge >= 0.3 is 0 Å². The lowest BCUT2D eigenvalue weighted by Gasteiger charge is -2.21. The number of phenolic OH excluding ortho intramolecular Hbond substituents is 2. The molecule has 0 amide bonds. The number of benzene rings is 2. The van der Waals surface area contributed by atoms with E-state index >= 15 is 0 Å². The fraction of sp³-hybridized carbons (Fsp3) is 0.250. The molecule has 0 spiro atoms. The van der Waals surface area contributed by atoms with E-state index in [4.69, 9.17) is 23.2 Å². The van der Waals surface area contributed by atoms with Crippen molar-refractivity contribution in [2.24, 2.45) is 4.99 Å². The van der Waals surface area contributed by atoms with E-state index < -0.39 is 5.78 Å². The fourth-order valence-corrected chi connectivity index (χ4v) is 3.90. The Bertz CT molecular complexity index is 1100. The molecule has 0 radical (unpaired) electrons. The molecule has 0 unspecified atom stereocenters. The number of carbonyl (C=O) groups is 1. The standard InChI is InChI=1S/C24H23Cl2NO4/c1-2-3-4-5-17-18(10-14-6-7-15(28)11-19(14)25)22(30)13-23(31)24(17)27-21-9-8-16(29)12-20(21)26/h6-9,11-13,28-30H,2-5,10H2,1H3. The summed E-state index contributed by atoms with van der Waals surface area (Å²) in [6, 6.07) is 9.00. The summed E-state index contributed by atoms with van der Waals surface area (Å²) < 4.78 is 0. The van der Waals surface area contributed by atoms with Gasteiger partial charge < -0.3 is 15.3 Å². The highest BCUT2D eigenvalue weighted by atomic mass is 35.5. The number of ketones is 1. The van der Waals surface area contributed by atoms with Crippen LogP contribution in [0.4, 0.5) is 5.69 Å². The van der Waals surface area contributed by atoms with Crippen LogP contribution in [0.3, 0.4) is 0 Å². The lowest BCUT2D eigenvalue weighted by atomic mass is 9.86. The average Bonchev–Trinajstić information content (AvgIpc) is 2.70. The molecule has 0 fully saturated rings. The fourth-order valence-electron chi connectivity index (χ4n) is 3.44. The SMILES string of the molecule is CCCCCC1=C(Cc2ccc(O)cc2Cl)C(O)=CC(=O)C1=Nc1ccc(O)cc1Cl. The smallest absolute Gasteiger partial charge is 0.208 e. The number of nitrogens with zero attached hydrogens (tertiary/aromatic N) is 1. The van der Waals surface area contributed by atoms with Crippen LogP contribution in [0.25, 0.3) is 0 Å². The molecule has 3 rings (SSSR count). The van der Waals surface area contributed by atoms with Crippen molar-refractivity contribution in [2.75, 3.05) is 0 Å². The number of carbonyl (C=O) groups excluding carboxylic acids is 1. The van der Waals surface area contributed by atoms with Gasteiger partial charge in [0.2, 0.25) is 5.78 Å². The van der Waals surface area contributed by atoms with Crippen molar-refractivity contribution < 1.29 is 20.1 Å². The van der Waals surface area contributed by atoms with E-state index in [1.165, 1.54) is 30.3 Å². The van der Waals surface area contributed by atoms with Crippen LogP contribution in [0.15, 0.2) is 64.4 Å².